The largest absolute Gasteiger partial charge is 0.387 e. The van der Waals surface area contributed by atoms with Crippen molar-refractivity contribution in [3.05, 3.63) is 34.9 Å². The van der Waals surface area contributed by atoms with Crippen LogP contribution in [-0.2, 0) is 4.79 Å². The predicted octanol–water partition coefficient (Wildman–Crippen LogP) is 3.00. The Labute approximate surface area is 143 Å². The molecule has 2 N–H and O–H groups in total. The molecule has 0 spiro atoms. The molecular weight excluding hydrogens is 312 g/mol. The molecule has 1 aliphatic heterocycles. The van der Waals surface area contributed by atoms with E-state index < -0.39 is 6.10 Å². The molecule has 0 aromatic heterocycles. The summed E-state index contributed by atoms with van der Waals surface area (Å²) < 4.78 is 0. The van der Waals surface area contributed by atoms with Crippen LogP contribution in [-0.4, -0.2) is 42.1 Å². The maximum Gasteiger partial charge on any atom is 0.220 e. The zero-order valence-electron chi connectivity index (χ0n) is 13.8. The molecule has 1 amide bonds. The molecule has 1 saturated heterocycles. The van der Waals surface area contributed by atoms with Gasteiger partial charge >= 0.3 is 0 Å². The molecule has 1 aliphatic rings. The molecule has 5 heteroatoms. The van der Waals surface area contributed by atoms with Crippen LogP contribution in [0.3, 0.4) is 0 Å². The van der Waals surface area contributed by atoms with Crippen molar-refractivity contribution >= 4 is 17.5 Å². The van der Waals surface area contributed by atoms with Gasteiger partial charge in [0, 0.05) is 18.0 Å². The number of aliphatic hydroxyl groups is 1. The third-order valence-corrected chi connectivity index (χ3v) is 4.72. The lowest BCUT2D eigenvalue weighted by molar-refractivity contribution is -0.122. The van der Waals surface area contributed by atoms with Crippen molar-refractivity contribution in [1.82, 2.24) is 10.2 Å². The molecule has 0 unspecified atom stereocenters. The third-order valence-electron chi connectivity index (χ3n) is 4.47. The quantitative estimate of drug-likeness (QED) is 0.803. The van der Waals surface area contributed by atoms with Crippen molar-refractivity contribution in [2.24, 2.45) is 5.92 Å². The van der Waals surface area contributed by atoms with E-state index in [0.29, 0.717) is 17.4 Å². The lowest BCUT2D eigenvalue weighted by Gasteiger charge is -2.31. The van der Waals surface area contributed by atoms with Crippen molar-refractivity contribution < 1.29 is 9.90 Å². The molecule has 1 atom stereocenters. The molecular formula is C18H27ClN2O2. The van der Waals surface area contributed by atoms with Crippen LogP contribution in [0.15, 0.2) is 24.3 Å². The molecule has 0 saturated carbocycles. The van der Waals surface area contributed by atoms with Crippen LogP contribution >= 0.6 is 11.6 Å². The first-order valence-corrected chi connectivity index (χ1v) is 8.89. The number of nitrogens with zero attached hydrogens (tertiary/aromatic N) is 1. The summed E-state index contributed by atoms with van der Waals surface area (Å²) in [5.41, 5.74) is 0.766. The van der Waals surface area contributed by atoms with Crippen LogP contribution < -0.4 is 5.32 Å². The van der Waals surface area contributed by atoms with Crippen LogP contribution in [0.1, 0.15) is 44.3 Å². The minimum atomic E-state index is -0.692. The molecule has 23 heavy (non-hydrogen) atoms. The van der Waals surface area contributed by atoms with Gasteiger partial charge in [-0.25, -0.2) is 0 Å². The van der Waals surface area contributed by atoms with Crippen LogP contribution in [0, 0.1) is 5.92 Å². The van der Waals surface area contributed by atoms with Gasteiger partial charge in [0.15, 0.2) is 0 Å². The summed E-state index contributed by atoms with van der Waals surface area (Å²) in [5.74, 6) is 0.503. The Balaban J connectivity index is 1.68. The Morgan fingerprint density at radius 3 is 2.61 bits per heavy atom. The summed E-state index contributed by atoms with van der Waals surface area (Å²) in [7, 11) is 0. The van der Waals surface area contributed by atoms with Crippen LogP contribution in [0.5, 0.6) is 0 Å². The maximum atomic E-state index is 12.1. The van der Waals surface area contributed by atoms with Gasteiger partial charge in [-0.05, 0) is 62.5 Å². The fraction of sp³-hybridized carbons (Fsp3) is 0.611. The second-order valence-electron chi connectivity index (χ2n) is 6.36. The molecule has 4 nitrogen and oxygen atoms in total. The van der Waals surface area contributed by atoms with Gasteiger partial charge in [-0.15, -0.1) is 0 Å². The van der Waals surface area contributed by atoms with Gasteiger partial charge < -0.3 is 15.3 Å². The minimum Gasteiger partial charge on any atom is -0.387 e. The SMILES string of the molecule is CCCN1CCC(CC(=O)NC[C@H](O)c2ccc(Cl)cc2)CC1. The highest BCUT2D eigenvalue weighted by atomic mass is 35.5. The molecule has 1 aromatic rings. The highest BCUT2D eigenvalue weighted by Crippen LogP contribution is 2.21. The fourth-order valence-corrected chi connectivity index (χ4v) is 3.20. The number of carbonyl (C=O) groups excluding carboxylic acids is 1. The van der Waals surface area contributed by atoms with E-state index in [1.54, 1.807) is 24.3 Å². The average Bonchev–Trinajstić information content (AvgIpc) is 2.55. The number of benzene rings is 1. The van der Waals surface area contributed by atoms with Gasteiger partial charge in [0.1, 0.15) is 0 Å². The summed E-state index contributed by atoms with van der Waals surface area (Å²) in [5, 5.41) is 13.6. The minimum absolute atomic E-state index is 0.0342. The molecule has 2 rings (SSSR count). The van der Waals surface area contributed by atoms with E-state index in [1.165, 1.54) is 6.42 Å². The number of carbonyl (C=O) groups is 1. The van der Waals surface area contributed by atoms with E-state index in [2.05, 4.69) is 17.1 Å². The topological polar surface area (TPSA) is 52.6 Å². The Kier molecular flexibility index (Phi) is 7.34. The van der Waals surface area contributed by atoms with Crippen LogP contribution in [0.2, 0.25) is 5.02 Å². The average molecular weight is 339 g/mol. The van der Waals surface area contributed by atoms with E-state index in [4.69, 9.17) is 11.6 Å². The number of rotatable bonds is 7. The van der Waals surface area contributed by atoms with Crippen LogP contribution in [0.25, 0.3) is 0 Å². The summed E-state index contributed by atoms with van der Waals surface area (Å²) in [6, 6.07) is 7.04. The summed E-state index contributed by atoms with van der Waals surface area (Å²) >= 11 is 5.83. The number of halogens is 1. The van der Waals surface area contributed by atoms with Gasteiger partial charge in [-0.2, -0.15) is 0 Å². The molecule has 1 aromatic carbocycles. The van der Waals surface area contributed by atoms with Gasteiger partial charge in [-0.1, -0.05) is 30.7 Å². The number of likely N-dealkylation sites (tertiary alicyclic amines) is 1. The summed E-state index contributed by atoms with van der Waals surface area (Å²) in [4.78, 5) is 14.5. The standard InChI is InChI=1S/C18H27ClN2O2/c1-2-9-21-10-7-14(8-11-21)12-18(23)20-13-17(22)15-3-5-16(19)6-4-15/h3-6,14,17,22H,2,7-13H2,1H3,(H,20,23)/t17-/m0/s1. The number of nitrogens with one attached hydrogen (secondary N) is 1. The first kappa shape index (κ1) is 18.2. The number of hydrogen-bond donors (Lipinski definition) is 2. The number of amides is 1. The van der Waals surface area contributed by atoms with Gasteiger partial charge in [0.2, 0.25) is 5.91 Å². The van der Waals surface area contributed by atoms with E-state index in [0.717, 1.165) is 38.0 Å². The summed E-state index contributed by atoms with van der Waals surface area (Å²) in [6.07, 6.45) is 3.24. The van der Waals surface area contributed by atoms with Crippen molar-refractivity contribution in [1.29, 1.82) is 0 Å². The van der Waals surface area contributed by atoms with E-state index >= 15 is 0 Å². The van der Waals surface area contributed by atoms with Crippen molar-refractivity contribution in [3.8, 4) is 0 Å². The van der Waals surface area contributed by atoms with Crippen molar-refractivity contribution in [3.63, 3.8) is 0 Å². The summed E-state index contributed by atoms with van der Waals surface area (Å²) in [6.45, 7) is 5.80. The van der Waals surface area contributed by atoms with Crippen molar-refractivity contribution in [2.45, 2.75) is 38.7 Å². The smallest absolute Gasteiger partial charge is 0.220 e. The first-order chi connectivity index (χ1) is 11.1. The van der Waals surface area contributed by atoms with E-state index in [9.17, 15) is 9.90 Å². The number of piperidine rings is 1. The van der Waals surface area contributed by atoms with Gasteiger partial charge in [-0.3, -0.25) is 4.79 Å². The normalized spacial score (nSPS) is 17.9. The third kappa shape index (κ3) is 6.13. The zero-order valence-corrected chi connectivity index (χ0v) is 14.6. The van der Waals surface area contributed by atoms with Crippen LogP contribution in [0.4, 0.5) is 0 Å². The Bertz CT molecular complexity index is 484. The van der Waals surface area contributed by atoms with Gasteiger partial charge in [0.25, 0.3) is 0 Å². The van der Waals surface area contributed by atoms with Gasteiger partial charge in [0.05, 0.1) is 6.10 Å². The Hall–Kier alpha value is -1.10. The molecule has 128 valence electrons. The van der Waals surface area contributed by atoms with E-state index in [1.807, 2.05) is 0 Å². The highest BCUT2D eigenvalue weighted by Gasteiger charge is 2.21. The Morgan fingerprint density at radius 2 is 2.00 bits per heavy atom. The number of hydrogen-bond acceptors (Lipinski definition) is 3. The molecule has 1 heterocycles. The highest BCUT2D eigenvalue weighted by molar-refractivity contribution is 6.30. The van der Waals surface area contributed by atoms with Crippen molar-refractivity contribution in [2.75, 3.05) is 26.2 Å². The van der Waals surface area contributed by atoms with E-state index in [-0.39, 0.29) is 12.5 Å². The molecule has 1 fully saturated rings. The lowest BCUT2D eigenvalue weighted by Crippen LogP contribution is -2.36. The molecule has 0 aliphatic carbocycles. The second-order valence-corrected chi connectivity index (χ2v) is 6.80. The fourth-order valence-electron chi connectivity index (χ4n) is 3.08. The second kappa shape index (κ2) is 9.26. The first-order valence-electron chi connectivity index (χ1n) is 8.51. The maximum absolute atomic E-state index is 12.1. The predicted molar refractivity (Wildman–Crippen MR) is 93.5 cm³/mol. The molecule has 0 bridgehead atoms. The monoisotopic (exact) mass is 338 g/mol. The number of aliphatic hydroxyl groups excluding tert-OH is 1. The Morgan fingerprint density at radius 1 is 1.35 bits per heavy atom. The lowest BCUT2D eigenvalue weighted by atomic mass is 9.93. The zero-order chi connectivity index (χ0) is 16.7. The molecule has 0 radical (unpaired) electrons.